The zero-order valence-electron chi connectivity index (χ0n) is 12.9. The maximum Gasteiger partial charge on any atom is 0.176 e. The van der Waals surface area contributed by atoms with Crippen LogP contribution in [0, 0.1) is 11.8 Å². The van der Waals surface area contributed by atoms with E-state index in [1.54, 1.807) is 0 Å². The van der Waals surface area contributed by atoms with Crippen molar-refractivity contribution in [2.24, 2.45) is 11.8 Å². The Kier molecular flexibility index (Phi) is 7.05. The molecule has 0 aromatic heterocycles. The summed E-state index contributed by atoms with van der Waals surface area (Å²) >= 11 is 0. The van der Waals surface area contributed by atoms with E-state index in [9.17, 15) is 5.11 Å². The normalized spacial score (nSPS) is 28.7. The second-order valence-electron chi connectivity index (χ2n) is 5.84. The molecule has 0 amide bonds. The van der Waals surface area contributed by atoms with Gasteiger partial charge in [-0.3, -0.25) is 0 Å². The minimum absolute atomic E-state index is 0.335. The van der Waals surface area contributed by atoms with Crippen LogP contribution in [-0.4, -0.2) is 30.2 Å². The van der Waals surface area contributed by atoms with Crippen LogP contribution in [0.1, 0.15) is 53.4 Å². The van der Waals surface area contributed by atoms with Gasteiger partial charge in [-0.2, -0.15) is 0 Å². The standard InChI is InChI=1S/C16H30O3/c1-5-18-15(19-6-2)9-11-16(17)10-7-8-14(12-16)13(3)4/h9,11,13-15,17H,5-8,10,12H2,1-4H3. The van der Waals surface area contributed by atoms with Gasteiger partial charge in [0.2, 0.25) is 0 Å². The molecule has 1 saturated carbocycles. The Bertz CT molecular complexity index is 269. The lowest BCUT2D eigenvalue weighted by Crippen LogP contribution is -2.35. The molecule has 2 unspecified atom stereocenters. The average molecular weight is 270 g/mol. The zero-order valence-corrected chi connectivity index (χ0v) is 12.9. The maximum atomic E-state index is 10.7. The summed E-state index contributed by atoms with van der Waals surface area (Å²) in [5.41, 5.74) is -0.681. The quantitative estimate of drug-likeness (QED) is 0.568. The van der Waals surface area contributed by atoms with E-state index in [0.717, 1.165) is 19.3 Å². The van der Waals surface area contributed by atoms with Crippen LogP contribution >= 0.6 is 0 Å². The molecule has 112 valence electrons. The molecule has 1 fully saturated rings. The largest absolute Gasteiger partial charge is 0.386 e. The topological polar surface area (TPSA) is 38.7 Å². The highest BCUT2D eigenvalue weighted by Crippen LogP contribution is 2.37. The third-order valence-corrected chi connectivity index (χ3v) is 3.97. The molecule has 3 nitrogen and oxygen atoms in total. The summed E-state index contributed by atoms with van der Waals surface area (Å²) in [5, 5.41) is 10.7. The van der Waals surface area contributed by atoms with Crippen molar-refractivity contribution in [2.45, 2.75) is 65.3 Å². The van der Waals surface area contributed by atoms with Crippen molar-refractivity contribution >= 4 is 0 Å². The van der Waals surface area contributed by atoms with E-state index >= 15 is 0 Å². The molecule has 0 heterocycles. The number of hydrogen-bond donors (Lipinski definition) is 1. The molecule has 19 heavy (non-hydrogen) atoms. The lowest BCUT2D eigenvalue weighted by atomic mass is 9.73. The first-order chi connectivity index (χ1) is 9.00. The van der Waals surface area contributed by atoms with Crippen molar-refractivity contribution in [3.8, 4) is 0 Å². The van der Waals surface area contributed by atoms with E-state index < -0.39 is 5.60 Å². The van der Waals surface area contributed by atoms with Gasteiger partial charge in [0.1, 0.15) is 0 Å². The molecule has 3 heteroatoms. The molecule has 0 aliphatic heterocycles. The molecule has 0 aromatic rings. The second-order valence-corrected chi connectivity index (χ2v) is 5.84. The molecular weight excluding hydrogens is 240 g/mol. The van der Waals surface area contributed by atoms with Gasteiger partial charge in [0.25, 0.3) is 0 Å². The Morgan fingerprint density at radius 2 is 1.89 bits per heavy atom. The van der Waals surface area contributed by atoms with Crippen LogP contribution in [0.25, 0.3) is 0 Å². The van der Waals surface area contributed by atoms with Crippen LogP contribution in [0.15, 0.2) is 12.2 Å². The number of aliphatic hydroxyl groups is 1. The smallest absolute Gasteiger partial charge is 0.176 e. The van der Waals surface area contributed by atoms with E-state index in [0.29, 0.717) is 25.0 Å². The van der Waals surface area contributed by atoms with Crippen molar-refractivity contribution in [3.05, 3.63) is 12.2 Å². The Morgan fingerprint density at radius 1 is 1.26 bits per heavy atom. The fourth-order valence-corrected chi connectivity index (χ4v) is 2.79. The van der Waals surface area contributed by atoms with Crippen LogP contribution in [0.2, 0.25) is 0 Å². The SMILES string of the molecule is CCOC(C=CC1(O)CCCC(C(C)C)C1)OCC. The van der Waals surface area contributed by atoms with Crippen molar-refractivity contribution in [2.75, 3.05) is 13.2 Å². The van der Waals surface area contributed by atoms with Crippen LogP contribution in [0.4, 0.5) is 0 Å². The second kappa shape index (κ2) is 8.03. The van der Waals surface area contributed by atoms with Gasteiger partial charge in [0.15, 0.2) is 6.29 Å². The number of rotatable bonds is 7. The van der Waals surface area contributed by atoms with Gasteiger partial charge < -0.3 is 14.6 Å². The summed E-state index contributed by atoms with van der Waals surface area (Å²) in [6.07, 6.45) is 7.46. The van der Waals surface area contributed by atoms with Gasteiger partial charge in [-0.1, -0.05) is 19.9 Å². The zero-order chi connectivity index (χ0) is 14.3. The molecule has 0 saturated heterocycles. The number of hydrogen-bond acceptors (Lipinski definition) is 3. The summed E-state index contributed by atoms with van der Waals surface area (Å²) in [6.45, 7) is 9.60. The van der Waals surface area contributed by atoms with Gasteiger partial charge in [0.05, 0.1) is 5.60 Å². The molecule has 0 radical (unpaired) electrons. The van der Waals surface area contributed by atoms with Crippen molar-refractivity contribution in [1.82, 2.24) is 0 Å². The summed E-state index contributed by atoms with van der Waals surface area (Å²) < 4.78 is 10.9. The van der Waals surface area contributed by atoms with Gasteiger partial charge >= 0.3 is 0 Å². The van der Waals surface area contributed by atoms with Crippen LogP contribution in [0.5, 0.6) is 0 Å². The van der Waals surface area contributed by atoms with Crippen molar-refractivity contribution in [3.63, 3.8) is 0 Å². The minimum Gasteiger partial charge on any atom is -0.386 e. The van der Waals surface area contributed by atoms with E-state index in [-0.39, 0.29) is 6.29 Å². The Morgan fingerprint density at radius 3 is 2.42 bits per heavy atom. The van der Waals surface area contributed by atoms with E-state index in [2.05, 4.69) is 13.8 Å². The Labute approximate surface area is 118 Å². The van der Waals surface area contributed by atoms with Gasteiger partial charge in [-0.15, -0.1) is 0 Å². The van der Waals surface area contributed by atoms with Crippen LogP contribution in [-0.2, 0) is 9.47 Å². The Hall–Kier alpha value is -0.380. The Balaban J connectivity index is 2.60. The lowest BCUT2D eigenvalue weighted by molar-refractivity contribution is -0.105. The first kappa shape index (κ1) is 16.7. The summed E-state index contributed by atoms with van der Waals surface area (Å²) in [4.78, 5) is 0. The lowest BCUT2D eigenvalue weighted by Gasteiger charge is -2.36. The van der Waals surface area contributed by atoms with Crippen molar-refractivity contribution in [1.29, 1.82) is 0 Å². The molecule has 1 N–H and O–H groups in total. The molecule has 0 spiro atoms. The summed E-state index contributed by atoms with van der Waals surface area (Å²) in [6, 6.07) is 0. The minimum atomic E-state index is -0.681. The monoisotopic (exact) mass is 270 g/mol. The third-order valence-electron chi connectivity index (χ3n) is 3.97. The van der Waals surface area contributed by atoms with Crippen LogP contribution < -0.4 is 0 Å². The molecule has 1 rings (SSSR count). The predicted octanol–water partition coefficient (Wildman–Crippen LogP) is 3.52. The highest BCUT2D eigenvalue weighted by molar-refractivity contribution is 5.05. The molecule has 0 bridgehead atoms. The molecule has 2 atom stereocenters. The van der Waals surface area contributed by atoms with Crippen molar-refractivity contribution < 1.29 is 14.6 Å². The molecule has 0 aromatic carbocycles. The summed E-state index contributed by atoms with van der Waals surface area (Å²) in [5.74, 6) is 1.25. The van der Waals surface area contributed by atoms with Gasteiger partial charge in [0, 0.05) is 13.2 Å². The van der Waals surface area contributed by atoms with E-state index in [1.807, 2.05) is 26.0 Å². The summed E-state index contributed by atoms with van der Waals surface area (Å²) in [7, 11) is 0. The van der Waals surface area contributed by atoms with Gasteiger partial charge in [-0.25, -0.2) is 0 Å². The fourth-order valence-electron chi connectivity index (χ4n) is 2.79. The predicted molar refractivity (Wildman–Crippen MR) is 77.9 cm³/mol. The highest BCUT2D eigenvalue weighted by Gasteiger charge is 2.33. The first-order valence-electron chi connectivity index (χ1n) is 7.65. The van der Waals surface area contributed by atoms with E-state index in [1.165, 1.54) is 6.42 Å². The molecular formula is C16H30O3. The first-order valence-corrected chi connectivity index (χ1v) is 7.65. The average Bonchev–Trinajstić information content (AvgIpc) is 2.37. The van der Waals surface area contributed by atoms with Crippen LogP contribution in [0.3, 0.4) is 0 Å². The molecule has 1 aliphatic rings. The maximum absolute atomic E-state index is 10.7. The highest BCUT2D eigenvalue weighted by atomic mass is 16.7. The number of ether oxygens (including phenoxy) is 2. The third kappa shape index (κ3) is 5.64. The molecule has 1 aliphatic carbocycles. The fraction of sp³-hybridized carbons (Fsp3) is 0.875. The van der Waals surface area contributed by atoms with Gasteiger partial charge in [-0.05, 0) is 57.4 Å². The van der Waals surface area contributed by atoms with E-state index in [4.69, 9.17) is 9.47 Å².